The zero-order valence-corrected chi connectivity index (χ0v) is 13.6. The molecule has 0 N–H and O–H groups in total. The van der Waals surface area contributed by atoms with Crippen LogP contribution in [0.5, 0.6) is 0 Å². The van der Waals surface area contributed by atoms with E-state index < -0.39 is 5.60 Å². The summed E-state index contributed by atoms with van der Waals surface area (Å²) in [5, 5.41) is 0. The molecule has 1 aliphatic carbocycles. The highest BCUT2D eigenvalue weighted by atomic mass is 16.6. The van der Waals surface area contributed by atoms with Gasteiger partial charge in [0.05, 0.1) is 13.2 Å². The second-order valence-corrected chi connectivity index (χ2v) is 8.02. The largest absolute Gasteiger partial charge is 0.444 e. The third-order valence-electron chi connectivity index (χ3n) is 4.77. The molecule has 0 aromatic rings. The van der Waals surface area contributed by atoms with Crippen molar-refractivity contribution in [2.24, 2.45) is 11.3 Å². The first-order valence-corrected chi connectivity index (χ1v) is 8.13. The summed E-state index contributed by atoms with van der Waals surface area (Å²) in [5.74, 6) is 0.809. The maximum Gasteiger partial charge on any atom is 0.410 e. The quantitative estimate of drug-likeness (QED) is 0.781. The number of amides is 1. The molecule has 0 atom stereocenters. The Kier molecular flexibility index (Phi) is 3.91. The molecule has 1 spiro atoms. The zero-order chi connectivity index (χ0) is 15.1. The van der Waals surface area contributed by atoms with Crippen LogP contribution in [-0.2, 0) is 9.47 Å². The Labute approximate surface area is 127 Å². The van der Waals surface area contributed by atoms with Crippen molar-refractivity contribution >= 4 is 6.09 Å². The third kappa shape index (κ3) is 3.51. The first-order valence-electron chi connectivity index (χ1n) is 8.13. The van der Waals surface area contributed by atoms with Gasteiger partial charge >= 0.3 is 6.09 Å². The highest BCUT2D eigenvalue weighted by molar-refractivity contribution is 5.69. The minimum absolute atomic E-state index is 0.148. The summed E-state index contributed by atoms with van der Waals surface area (Å²) < 4.78 is 10.8. The summed E-state index contributed by atoms with van der Waals surface area (Å²) in [6, 6.07) is 0. The van der Waals surface area contributed by atoms with Crippen LogP contribution in [0.4, 0.5) is 4.79 Å². The molecule has 5 nitrogen and oxygen atoms in total. The van der Waals surface area contributed by atoms with E-state index in [9.17, 15) is 4.79 Å². The van der Waals surface area contributed by atoms with Crippen LogP contribution in [0.1, 0.15) is 33.6 Å². The number of nitrogens with zero attached hydrogens (tertiary/aromatic N) is 2. The fraction of sp³-hybridized carbons (Fsp3) is 0.938. The SMILES string of the molecule is CC(C)(C)OC(=O)N1CC2(CC(CN3CCOCC3)C2)C1. The number of hydrogen-bond donors (Lipinski definition) is 0. The number of morpholine rings is 1. The van der Waals surface area contributed by atoms with Gasteiger partial charge < -0.3 is 14.4 Å². The third-order valence-corrected chi connectivity index (χ3v) is 4.77. The Morgan fingerprint density at radius 2 is 1.86 bits per heavy atom. The van der Waals surface area contributed by atoms with Gasteiger partial charge in [-0.05, 0) is 39.5 Å². The fourth-order valence-corrected chi connectivity index (χ4v) is 3.92. The number of likely N-dealkylation sites (tertiary alicyclic amines) is 1. The van der Waals surface area contributed by atoms with Crippen molar-refractivity contribution in [2.45, 2.75) is 39.2 Å². The van der Waals surface area contributed by atoms with Gasteiger partial charge in [-0.25, -0.2) is 4.79 Å². The van der Waals surface area contributed by atoms with Gasteiger partial charge in [0.1, 0.15) is 5.60 Å². The molecule has 120 valence electrons. The molecule has 5 heteroatoms. The highest BCUT2D eigenvalue weighted by Crippen LogP contribution is 2.52. The van der Waals surface area contributed by atoms with E-state index in [4.69, 9.17) is 9.47 Å². The topological polar surface area (TPSA) is 42.0 Å². The minimum atomic E-state index is -0.391. The second kappa shape index (κ2) is 5.43. The van der Waals surface area contributed by atoms with Crippen molar-refractivity contribution in [3.63, 3.8) is 0 Å². The molecule has 0 aromatic carbocycles. The molecule has 3 rings (SSSR count). The lowest BCUT2D eigenvalue weighted by Gasteiger charge is -2.59. The minimum Gasteiger partial charge on any atom is -0.444 e. The van der Waals surface area contributed by atoms with Gasteiger partial charge in [0.25, 0.3) is 0 Å². The maximum absolute atomic E-state index is 11.9. The average Bonchev–Trinajstić information content (AvgIpc) is 2.29. The van der Waals surface area contributed by atoms with Gasteiger partial charge in [0.2, 0.25) is 0 Å². The van der Waals surface area contributed by atoms with Gasteiger partial charge in [0, 0.05) is 38.1 Å². The normalized spacial score (nSPS) is 26.3. The number of hydrogen-bond acceptors (Lipinski definition) is 4. The monoisotopic (exact) mass is 296 g/mol. The smallest absolute Gasteiger partial charge is 0.410 e. The van der Waals surface area contributed by atoms with E-state index in [2.05, 4.69) is 4.90 Å². The van der Waals surface area contributed by atoms with Crippen molar-refractivity contribution in [2.75, 3.05) is 45.9 Å². The van der Waals surface area contributed by atoms with Crippen LogP contribution in [0, 0.1) is 11.3 Å². The van der Waals surface area contributed by atoms with Gasteiger partial charge in [-0.3, -0.25) is 4.90 Å². The Hall–Kier alpha value is -0.810. The van der Waals surface area contributed by atoms with Crippen molar-refractivity contribution < 1.29 is 14.3 Å². The van der Waals surface area contributed by atoms with Crippen molar-refractivity contribution in [3.8, 4) is 0 Å². The molecule has 0 aromatic heterocycles. The molecule has 3 aliphatic rings. The number of carbonyl (C=O) groups excluding carboxylic acids is 1. The molecule has 2 saturated heterocycles. The molecule has 0 radical (unpaired) electrons. The maximum atomic E-state index is 11.9. The molecular formula is C16H28N2O3. The van der Waals surface area contributed by atoms with Crippen molar-refractivity contribution in [1.29, 1.82) is 0 Å². The second-order valence-electron chi connectivity index (χ2n) is 8.02. The van der Waals surface area contributed by atoms with E-state index in [-0.39, 0.29) is 6.09 Å². The first kappa shape index (κ1) is 15.1. The average molecular weight is 296 g/mol. The molecule has 1 amide bonds. The number of carbonyl (C=O) groups is 1. The van der Waals surface area contributed by atoms with Gasteiger partial charge in [0.15, 0.2) is 0 Å². The number of ether oxygens (including phenoxy) is 2. The van der Waals surface area contributed by atoms with Crippen molar-refractivity contribution in [1.82, 2.24) is 9.80 Å². The van der Waals surface area contributed by atoms with E-state index in [1.165, 1.54) is 19.4 Å². The van der Waals surface area contributed by atoms with Crippen LogP contribution in [-0.4, -0.2) is 67.4 Å². The lowest BCUT2D eigenvalue weighted by atomic mass is 9.57. The lowest BCUT2D eigenvalue weighted by Crippen LogP contribution is -2.65. The van der Waals surface area contributed by atoms with E-state index in [1.54, 1.807) is 0 Å². The molecule has 3 fully saturated rings. The summed E-state index contributed by atoms with van der Waals surface area (Å²) in [4.78, 5) is 16.3. The molecular weight excluding hydrogens is 268 g/mol. The number of rotatable bonds is 2. The van der Waals surface area contributed by atoms with Crippen molar-refractivity contribution in [3.05, 3.63) is 0 Å². The Morgan fingerprint density at radius 3 is 2.43 bits per heavy atom. The summed E-state index contributed by atoms with van der Waals surface area (Å²) in [5.41, 5.74) is 0.0200. The summed E-state index contributed by atoms with van der Waals surface area (Å²) in [6.07, 6.45) is 2.39. The first-order chi connectivity index (χ1) is 9.85. The zero-order valence-electron chi connectivity index (χ0n) is 13.6. The fourth-order valence-electron chi connectivity index (χ4n) is 3.92. The molecule has 0 unspecified atom stereocenters. The van der Waals surface area contributed by atoms with Crippen LogP contribution in [0.15, 0.2) is 0 Å². The van der Waals surface area contributed by atoms with E-state index >= 15 is 0 Å². The summed E-state index contributed by atoms with van der Waals surface area (Å²) in [6.45, 7) is 12.7. The lowest BCUT2D eigenvalue weighted by molar-refractivity contribution is -0.104. The van der Waals surface area contributed by atoms with E-state index in [1.807, 2.05) is 25.7 Å². The molecule has 2 aliphatic heterocycles. The van der Waals surface area contributed by atoms with Gasteiger partial charge in [-0.15, -0.1) is 0 Å². The summed E-state index contributed by atoms with van der Waals surface area (Å²) in [7, 11) is 0. The van der Waals surface area contributed by atoms with Gasteiger partial charge in [-0.1, -0.05) is 0 Å². The Bertz CT molecular complexity index is 385. The van der Waals surface area contributed by atoms with Gasteiger partial charge in [-0.2, -0.15) is 0 Å². The van der Waals surface area contributed by atoms with Crippen LogP contribution in [0.25, 0.3) is 0 Å². The Morgan fingerprint density at radius 1 is 1.24 bits per heavy atom. The van der Waals surface area contributed by atoms with Crippen LogP contribution >= 0.6 is 0 Å². The molecule has 0 bridgehead atoms. The van der Waals surface area contributed by atoms with Crippen LogP contribution in [0.2, 0.25) is 0 Å². The Balaban J connectivity index is 1.36. The summed E-state index contributed by atoms with van der Waals surface area (Å²) >= 11 is 0. The predicted octanol–water partition coefficient (Wildman–Crippen LogP) is 1.97. The highest BCUT2D eigenvalue weighted by Gasteiger charge is 2.54. The molecule has 21 heavy (non-hydrogen) atoms. The standard InChI is InChI=1S/C16H28N2O3/c1-15(2,3)21-14(19)18-11-16(12-18)8-13(9-16)10-17-4-6-20-7-5-17/h13H,4-12H2,1-3H3. The van der Waals surface area contributed by atoms with Crippen LogP contribution < -0.4 is 0 Å². The van der Waals surface area contributed by atoms with E-state index in [0.717, 1.165) is 45.3 Å². The molecule has 2 heterocycles. The van der Waals surface area contributed by atoms with Crippen LogP contribution in [0.3, 0.4) is 0 Å². The predicted molar refractivity (Wildman–Crippen MR) is 80.2 cm³/mol. The van der Waals surface area contributed by atoms with E-state index in [0.29, 0.717) is 5.41 Å². The molecule has 1 saturated carbocycles.